The molecular weight excluding hydrogens is 494 g/mol. The Morgan fingerprint density at radius 3 is 2.05 bits per heavy atom. The second kappa shape index (κ2) is 10.9. The van der Waals surface area contributed by atoms with Crippen LogP contribution in [0.1, 0.15) is 54.4 Å². The van der Waals surface area contributed by atoms with Crippen LogP contribution >= 0.6 is 0 Å². The zero-order chi connectivity index (χ0) is 26.6. The van der Waals surface area contributed by atoms with Crippen LogP contribution in [-0.4, -0.2) is 15.8 Å². The highest BCUT2D eigenvalue weighted by Crippen LogP contribution is 2.37. The fourth-order valence-electron chi connectivity index (χ4n) is 4.81. The largest absolute Gasteiger partial charge is 0.416 e. The fraction of sp³-hybridized carbons (Fsp3) is 0.357. The first-order valence-corrected chi connectivity index (χ1v) is 12.1. The van der Waals surface area contributed by atoms with E-state index in [1.807, 2.05) is 30.3 Å². The molecule has 0 unspecified atom stereocenters. The van der Waals surface area contributed by atoms with Crippen molar-refractivity contribution in [2.75, 3.05) is 0 Å². The average Bonchev–Trinajstić information content (AvgIpc) is 2.88. The Hall–Kier alpha value is -3.36. The Bertz CT molecular complexity index is 1190. The van der Waals surface area contributed by atoms with Crippen LogP contribution in [0, 0.1) is 5.92 Å². The third-order valence-corrected chi connectivity index (χ3v) is 6.64. The molecule has 37 heavy (non-hydrogen) atoms. The van der Waals surface area contributed by atoms with Crippen LogP contribution in [0.5, 0.6) is 0 Å². The molecule has 1 aromatic heterocycles. The molecule has 1 aliphatic carbocycles. The van der Waals surface area contributed by atoms with Crippen LogP contribution in [0.3, 0.4) is 0 Å². The molecule has 0 atom stereocenters. The van der Waals surface area contributed by atoms with Crippen LogP contribution in [0.2, 0.25) is 0 Å². The van der Waals surface area contributed by atoms with E-state index in [0.717, 1.165) is 30.4 Å². The van der Waals surface area contributed by atoms with E-state index < -0.39 is 23.5 Å². The van der Waals surface area contributed by atoms with E-state index >= 15 is 0 Å². The van der Waals surface area contributed by atoms with Gasteiger partial charge in [0.05, 0.1) is 11.1 Å². The number of hydrogen-bond donors (Lipinski definition) is 0. The standard InChI is InChI=1S/C28H26F6N2O/c29-27(30,31)23-13-19(14-24(15-23)28(32,33)34)17-36(26(37)21-9-5-2-6-10-21)18-22-16-35-12-11-25(22)20-7-3-1-4-8-20/h1,3-4,7-8,11-16,21H,2,5-6,9-10,17-18H2. The number of alkyl halides is 6. The Labute approximate surface area is 211 Å². The van der Waals surface area contributed by atoms with Crippen molar-refractivity contribution in [2.45, 2.75) is 57.5 Å². The Morgan fingerprint density at radius 2 is 1.46 bits per heavy atom. The van der Waals surface area contributed by atoms with Crippen molar-refractivity contribution in [1.29, 1.82) is 0 Å². The minimum Gasteiger partial charge on any atom is -0.334 e. The smallest absolute Gasteiger partial charge is 0.334 e. The van der Waals surface area contributed by atoms with Crippen molar-refractivity contribution in [3.8, 4) is 11.1 Å². The van der Waals surface area contributed by atoms with Gasteiger partial charge in [-0.3, -0.25) is 9.78 Å². The second-order valence-corrected chi connectivity index (χ2v) is 9.34. The Kier molecular flexibility index (Phi) is 7.90. The highest BCUT2D eigenvalue weighted by Gasteiger charge is 2.37. The Morgan fingerprint density at radius 1 is 0.838 bits per heavy atom. The van der Waals surface area contributed by atoms with Gasteiger partial charge in [-0.15, -0.1) is 0 Å². The molecule has 0 spiro atoms. The minimum absolute atomic E-state index is 0.00496. The number of amides is 1. The third-order valence-electron chi connectivity index (χ3n) is 6.64. The van der Waals surface area contributed by atoms with E-state index in [2.05, 4.69) is 4.98 Å². The van der Waals surface area contributed by atoms with Crippen molar-refractivity contribution in [3.05, 3.63) is 89.2 Å². The number of hydrogen-bond acceptors (Lipinski definition) is 2. The predicted molar refractivity (Wildman–Crippen MR) is 127 cm³/mol. The van der Waals surface area contributed by atoms with Gasteiger partial charge in [0, 0.05) is 31.4 Å². The van der Waals surface area contributed by atoms with Crippen molar-refractivity contribution >= 4 is 5.91 Å². The van der Waals surface area contributed by atoms with E-state index in [9.17, 15) is 31.1 Å². The summed E-state index contributed by atoms with van der Waals surface area (Å²) in [6.45, 7) is -0.379. The lowest BCUT2D eigenvalue weighted by atomic mass is 9.88. The van der Waals surface area contributed by atoms with Crippen molar-refractivity contribution in [2.24, 2.45) is 5.92 Å². The molecule has 0 aliphatic heterocycles. The number of nitrogens with zero attached hydrogens (tertiary/aromatic N) is 2. The molecule has 3 aromatic rings. The van der Waals surface area contributed by atoms with Crippen LogP contribution in [0.4, 0.5) is 26.3 Å². The van der Waals surface area contributed by atoms with Crippen LogP contribution in [0.15, 0.2) is 67.0 Å². The summed E-state index contributed by atoms with van der Waals surface area (Å²) in [7, 11) is 0. The summed E-state index contributed by atoms with van der Waals surface area (Å²) in [5.41, 5.74) is -0.708. The van der Waals surface area contributed by atoms with E-state index in [0.29, 0.717) is 30.5 Å². The van der Waals surface area contributed by atoms with E-state index in [4.69, 9.17) is 0 Å². The number of pyridine rings is 1. The molecule has 1 saturated carbocycles. The highest BCUT2D eigenvalue weighted by atomic mass is 19.4. The second-order valence-electron chi connectivity index (χ2n) is 9.34. The monoisotopic (exact) mass is 520 g/mol. The van der Waals surface area contributed by atoms with Gasteiger partial charge in [0.15, 0.2) is 0 Å². The summed E-state index contributed by atoms with van der Waals surface area (Å²) < 4.78 is 80.7. The maximum absolute atomic E-state index is 13.6. The fourth-order valence-corrected chi connectivity index (χ4v) is 4.81. The quantitative estimate of drug-likeness (QED) is 0.310. The topological polar surface area (TPSA) is 33.2 Å². The molecule has 1 fully saturated rings. The van der Waals surface area contributed by atoms with Gasteiger partial charge in [-0.1, -0.05) is 49.6 Å². The predicted octanol–water partition coefficient (Wildman–Crippen LogP) is 7.90. The normalized spacial score (nSPS) is 15.0. The summed E-state index contributed by atoms with van der Waals surface area (Å²) in [5.74, 6) is -0.591. The van der Waals surface area contributed by atoms with Gasteiger partial charge in [-0.05, 0) is 59.4 Å². The highest BCUT2D eigenvalue weighted by molar-refractivity contribution is 5.79. The number of aromatic nitrogens is 1. The van der Waals surface area contributed by atoms with Crippen molar-refractivity contribution in [1.82, 2.24) is 9.88 Å². The first-order valence-electron chi connectivity index (χ1n) is 12.1. The molecule has 1 aliphatic rings. The van der Waals surface area contributed by atoms with Crippen molar-refractivity contribution in [3.63, 3.8) is 0 Å². The molecule has 1 heterocycles. The lowest BCUT2D eigenvalue weighted by Crippen LogP contribution is -2.36. The first-order chi connectivity index (χ1) is 17.5. The summed E-state index contributed by atoms with van der Waals surface area (Å²) in [6.07, 6.45) is -2.75. The molecule has 4 rings (SSSR count). The lowest BCUT2D eigenvalue weighted by molar-refractivity contribution is -0.143. The maximum Gasteiger partial charge on any atom is 0.416 e. The van der Waals surface area contributed by atoms with E-state index in [1.165, 1.54) is 4.90 Å². The molecule has 1 amide bonds. The molecule has 0 radical (unpaired) electrons. The molecular formula is C28H26F6N2O. The van der Waals surface area contributed by atoms with Gasteiger partial charge in [0.1, 0.15) is 0 Å². The van der Waals surface area contributed by atoms with Gasteiger partial charge < -0.3 is 4.90 Å². The zero-order valence-corrected chi connectivity index (χ0v) is 19.9. The number of benzene rings is 2. The average molecular weight is 521 g/mol. The molecule has 3 nitrogen and oxygen atoms in total. The minimum atomic E-state index is -4.96. The Balaban J connectivity index is 1.73. The SMILES string of the molecule is O=C(C1CCCCC1)N(Cc1cc(C(F)(F)F)cc(C(F)(F)F)c1)Cc1cnccc1-c1ccccc1. The van der Waals surface area contributed by atoms with E-state index in [1.54, 1.807) is 18.5 Å². The van der Waals surface area contributed by atoms with Gasteiger partial charge in [-0.25, -0.2) is 0 Å². The van der Waals surface area contributed by atoms with Gasteiger partial charge in [0.25, 0.3) is 0 Å². The summed E-state index contributed by atoms with van der Waals surface area (Å²) in [5, 5.41) is 0. The molecule has 0 bridgehead atoms. The number of carbonyl (C=O) groups excluding carboxylic acids is 1. The van der Waals surface area contributed by atoms with Gasteiger partial charge in [-0.2, -0.15) is 26.3 Å². The third kappa shape index (κ3) is 6.70. The van der Waals surface area contributed by atoms with Crippen LogP contribution in [-0.2, 0) is 30.2 Å². The molecule has 196 valence electrons. The van der Waals surface area contributed by atoms with Gasteiger partial charge in [0.2, 0.25) is 5.91 Å². The van der Waals surface area contributed by atoms with Gasteiger partial charge >= 0.3 is 12.4 Å². The summed E-state index contributed by atoms with van der Waals surface area (Å²) in [6, 6.07) is 12.6. The number of halogens is 6. The first kappa shape index (κ1) is 26.7. The number of rotatable bonds is 6. The van der Waals surface area contributed by atoms with Crippen LogP contribution in [0.25, 0.3) is 11.1 Å². The summed E-state index contributed by atoms with van der Waals surface area (Å²) >= 11 is 0. The van der Waals surface area contributed by atoms with Crippen molar-refractivity contribution < 1.29 is 31.1 Å². The maximum atomic E-state index is 13.6. The zero-order valence-electron chi connectivity index (χ0n) is 19.9. The molecule has 0 N–H and O–H groups in total. The molecule has 2 aromatic carbocycles. The van der Waals surface area contributed by atoms with E-state index in [-0.39, 0.29) is 36.5 Å². The number of carbonyl (C=O) groups is 1. The summed E-state index contributed by atoms with van der Waals surface area (Å²) in [4.78, 5) is 19.1. The lowest BCUT2D eigenvalue weighted by Gasteiger charge is -2.30. The van der Waals surface area contributed by atoms with Crippen LogP contribution < -0.4 is 0 Å². The molecule has 9 heteroatoms. The molecule has 0 saturated heterocycles.